The zero-order chi connectivity index (χ0) is 21.8. The summed E-state index contributed by atoms with van der Waals surface area (Å²) in [7, 11) is 1.59. The quantitative estimate of drug-likeness (QED) is 0.247. The van der Waals surface area contributed by atoms with Gasteiger partial charge in [0.15, 0.2) is 16.7 Å². The number of hydrogen-bond acceptors (Lipinski definition) is 5. The standard InChI is InChI=1S/C22H20BrIN2O3S/c1-5-6-29-20-16(24)9-14(10-17(20)28-4)11-18-21(27)26-22(30-18)25-15-7-12(2)19(23)13(3)8-15/h5,7-11H,1,6H2,2-4H3,(H,25,26,27)/b18-11+. The Bertz CT molecular complexity index is 1060. The van der Waals surface area contributed by atoms with E-state index in [4.69, 9.17) is 9.47 Å². The lowest BCUT2D eigenvalue weighted by Crippen LogP contribution is -2.19. The third-order valence-corrected chi connectivity index (χ3v) is 7.16. The van der Waals surface area contributed by atoms with E-state index in [0.717, 1.165) is 30.4 Å². The molecule has 1 heterocycles. The Morgan fingerprint density at radius 2 is 1.97 bits per heavy atom. The molecule has 3 rings (SSSR count). The van der Waals surface area contributed by atoms with Crippen molar-refractivity contribution >= 4 is 73.1 Å². The normalized spacial score (nSPS) is 16.1. The topological polar surface area (TPSA) is 59.9 Å². The molecule has 30 heavy (non-hydrogen) atoms. The van der Waals surface area contributed by atoms with Crippen LogP contribution in [0, 0.1) is 17.4 Å². The number of aryl methyl sites for hydroxylation is 2. The molecule has 0 bridgehead atoms. The molecule has 1 fully saturated rings. The summed E-state index contributed by atoms with van der Waals surface area (Å²) in [4.78, 5) is 17.6. The summed E-state index contributed by atoms with van der Waals surface area (Å²) in [6.45, 7) is 8.09. The monoisotopic (exact) mass is 598 g/mol. The van der Waals surface area contributed by atoms with Gasteiger partial charge in [0.25, 0.3) is 5.91 Å². The second-order valence-electron chi connectivity index (χ2n) is 6.51. The molecule has 156 valence electrons. The van der Waals surface area contributed by atoms with Crippen LogP contribution < -0.4 is 14.8 Å². The Kier molecular flexibility index (Phi) is 7.65. The highest BCUT2D eigenvalue weighted by molar-refractivity contribution is 14.1. The van der Waals surface area contributed by atoms with Gasteiger partial charge < -0.3 is 14.8 Å². The molecule has 8 heteroatoms. The molecule has 0 spiro atoms. The number of amides is 1. The Morgan fingerprint density at radius 1 is 1.27 bits per heavy atom. The van der Waals surface area contributed by atoms with Crippen LogP contribution >= 0.6 is 50.3 Å². The third kappa shape index (κ3) is 5.28. The number of benzene rings is 2. The second-order valence-corrected chi connectivity index (χ2v) is 9.49. The minimum absolute atomic E-state index is 0.176. The average molecular weight is 599 g/mol. The molecule has 0 radical (unpaired) electrons. The molecule has 2 aromatic carbocycles. The maximum Gasteiger partial charge on any atom is 0.264 e. The molecule has 1 aliphatic rings. The van der Waals surface area contributed by atoms with Crippen LogP contribution in [0.5, 0.6) is 11.5 Å². The molecule has 1 aliphatic heterocycles. The Morgan fingerprint density at radius 3 is 2.60 bits per heavy atom. The maximum atomic E-state index is 12.5. The van der Waals surface area contributed by atoms with Crippen LogP contribution in [-0.4, -0.2) is 24.8 Å². The van der Waals surface area contributed by atoms with Gasteiger partial charge in [-0.3, -0.25) is 4.79 Å². The van der Waals surface area contributed by atoms with E-state index in [1.54, 1.807) is 13.2 Å². The number of rotatable bonds is 6. The van der Waals surface area contributed by atoms with Crippen molar-refractivity contribution in [1.29, 1.82) is 0 Å². The summed E-state index contributed by atoms with van der Waals surface area (Å²) >= 11 is 7.06. The Labute approximate surface area is 202 Å². The van der Waals surface area contributed by atoms with Crippen LogP contribution in [0.2, 0.25) is 0 Å². The van der Waals surface area contributed by atoms with Crippen molar-refractivity contribution in [2.75, 3.05) is 13.7 Å². The summed E-state index contributed by atoms with van der Waals surface area (Å²) < 4.78 is 13.1. The van der Waals surface area contributed by atoms with E-state index < -0.39 is 0 Å². The first-order valence-corrected chi connectivity index (χ1v) is 11.7. The van der Waals surface area contributed by atoms with E-state index in [0.29, 0.717) is 28.2 Å². The molecule has 5 nitrogen and oxygen atoms in total. The van der Waals surface area contributed by atoms with Gasteiger partial charge in [0.05, 0.1) is 21.3 Å². The van der Waals surface area contributed by atoms with E-state index in [-0.39, 0.29) is 5.91 Å². The van der Waals surface area contributed by atoms with Crippen molar-refractivity contribution < 1.29 is 14.3 Å². The molecule has 2 aromatic rings. The van der Waals surface area contributed by atoms with Crippen molar-refractivity contribution in [1.82, 2.24) is 5.32 Å². The molecule has 0 unspecified atom stereocenters. The van der Waals surface area contributed by atoms with Crippen LogP contribution in [0.25, 0.3) is 6.08 Å². The summed E-state index contributed by atoms with van der Waals surface area (Å²) in [6, 6.07) is 7.75. The number of nitrogens with zero attached hydrogens (tertiary/aromatic N) is 1. The number of nitrogens with one attached hydrogen (secondary N) is 1. The summed E-state index contributed by atoms with van der Waals surface area (Å²) in [5.41, 5.74) is 3.84. The molecule has 1 N–H and O–H groups in total. The summed E-state index contributed by atoms with van der Waals surface area (Å²) in [6.07, 6.45) is 3.50. The number of hydrogen-bond donors (Lipinski definition) is 1. The highest BCUT2D eigenvalue weighted by atomic mass is 127. The molecule has 1 saturated heterocycles. The number of aliphatic imine (C=N–C) groups is 1. The molecule has 0 aromatic heterocycles. The predicted octanol–water partition coefficient (Wildman–Crippen LogP) is 6.14. The van der Waals surface area contributed by atoms with Gasteiger partial charge in [-0.15, -0.1) is 0 Å². The number of amidine groups is 1. The minimum atomic E-state index is -0.176. The number of thioether (sulfide) groups is 1. The van der Waals surface area contributed by atoms with Gasteiger partial charge in [0.2, 0.25) is 0 Å². The van der Waals surface area contributed by atoms with E-state index in [1.807, 2.05) is 44.2 Å². The molecular weight excluding hydrogens is 579 g/mol. The number of methoxy groups -OCH3 is 1. The number of ether oxygens (including phenoxy) is 2. The Balaban J connectivity index is 1.88. The van der Waals surface area contributed by atoms with E-state index >= 15 is 0 Å². The lowest BCUT2D eigenvalue weighted by Gasteiger charge is -2.12. The average Bonchev–Trinajstić information content (AvgIpc) is 3.03. The molecular formula is C22H20BrIN2O3S. The van der Waals surface area contributed by atoms with E-state index in [9.17, 15) is 4.79 Å². The second kappa shape index (κ2) is 10.0. The van der Waals surface area contributed by atoms with Crippen molar-refractivity contribution in [3.63, 3.8) is 0 Å². The van der Waals surface area contributed by atoms with Crippen LogP contribution in [-0.2, 0) is 4.79 Å². The SMILES string of the molecule is C=CCOc1c(I)cc(/C=C2/SC(=Nc3cc(C)c(Br)c(C)c3)NC2=O)cc1OC. The van der Waals surface area contributed by atoms with Crippen molar-refractivity contribution in [2.24, 2.45) is 4.99 Å². The van der Waals surface area contributed by atoms with E-state index in [1.165, 1.54) is 11.8 Å². The van der Waals surface area contributed by atoms with Gasteiger partial charge >= 0.3 is 0 Å². The third-order valence-electron chi connectivity index (χ3n) is 4.20. The Hall–Kier alpha value is -1.78. The van der Waals surface area contributed by atoms with Crippen LogP contribution in [0.4, 0.5) is 5.69 Å². The molecule has 0 saturated carbocycles. The fourth-order valence-corrected chi connectivity index (χ4v) is 4.69. The predicted molar refractivity (Wildman–Crippen MR) is 136 cm³/mol. The fraction of sp³-hybridized carbons (Fsp3) is 0.182. The van der Waals surface area contributed by atoms with Gasteiger partial charge in [-0.1, -0.05) is 28.6 Å². The number of halogens is 2. The molecule has 0 aliphatic carbocycles. The first-order valence-electron chi connectivity index (χ1n) is 9.00. The van der Waals surface area contributed by atoms with Gasteiger partial charge in [0, 0.05) is 4.47 Å². The highest BCUT2D eigenvalue weighted by Crippen LogP contribution is 2.36. The lowest BCUT2D eigenvalue weighted by molar-refractivity contribution is -0.115. The zero-order valence-electron chi connectivity index (χ0n) is 16.7. The van der Waals surface area contributed by atoms with Crippen molar-refractivity contribution in [3.8, 4) is 11.5 Å². The largest absolute Gasteiger partial charge is 0.493 e. The number of carbonyl (C=O) groups is 1. The summed E-state index contributed by atoms with van der Waals surface area (Å²) in [5.74, 6) is 1.09. The highest BCUT2D eigenvalue weighted by Gasteiger charge is 2.24. The van der Waals surface area contributed by atoms with Crippen LogP contribution in [0.15, 0.2) is 51.3 Å². The van der Waals surface area contributed by atoms with Crippen molar-refractivity contribution in [3.05, 3.63) is 66.6 Å². The molecule has 0 atom stereocenters. The van der Waals surface area contributed by atoms with Crippen molar-refractivity contribution in [2.45, 2.75) is 13.8 Å². The van der Waals surface area contributed by atoms with Gasteiger partial charge in [-0.2, -0.15) is 0 Å². The van der Waals surface area contributed by atoms with Gasteiger partial charge in [-0.25, -0.2) is 4.99 Å². The maximum absolute atomic E-state index is 12.5. The lowest BCUT2D eigenvalue weighted by atomic mass is 10.1. The summed E-state index contributed by atoms with van der Waals surface area (Å²) in [5, 5.41) is 3.39. The first-order chi connectivity index (χ1) is 14.3. The van der Waals surface area contributed by atoms with Gasteiger partial charge in [-0.05, 0) is 95.2 Å². The van der Waals surface area contributed by atoms with Crippen LogP contribution in [0.1, 0.15) is 16.7 Å². The molecule has 1 amide bonds. The fourth-order valence-electron chi connectivity index (χ4n) is 2.84. The number of carbonyl (C=O) groups excluding carboxylic acids is 1. The van der Waals surface area contributed by atoms with Gasteiger partial charge in [0.1, 0.15) is 6.61 Å². The smallest absolute Gasteiger partial charge is 0.264 e. The van der Waals surface area contributed by atoms with E-state index in [2.05, 4.69) is 55.4 Å². The zero-order valence-corrected chi connectivity index (χ0v) is 21.3. The minimum Gasteiger partial charge on any atom is -0.493 e. The first kappa shape index (κ1) is 22.9. The van der Waals surface area contributed by atoms with Crippen LogP contribution in [0.3, 0.4) is 0 Å².